The second-order valence-corrected chi connectivity index (χ2v) is 12.9. The van der Waals surface area contributed by atoms with Crippen LogP contribution in [-0.2, 0) is 0 Å². The number of carboxylic acids is 12. The van der Waals surface area contributed by atoms with E-state index in [-0.39, 0.29) is 126 Å². The second kappa shape index (κ2) is 33.5. The molecule has 0 spiro atoms. The fourth-order valence-corrected chi connectivity index (χ4v) is 5.14. The maximum absolute atomic E-state index is 10.5. The average molecular weight is 1040 g/mol. The molecule has 0 aliphatic heterocycles. The summed E-state index contributed by atoms with van der Waals surface area (Å²) >= 11 is 0. The van der Waals surface area contributed by atoms with Gasteiger partial charge in [-0.05, 0) is 72.8 Å². The Bertz CT molecular complexity index is 2320. The molecule has 6 aromatic carbocycles. The van der Waals surface area contributed by atoms with Gasteiger partial charge in [0.1, 0.15) is 0 Å². The van der Waals surface area contributed by atoms with Gasteiger partial charge in [0.15, 0.2) is 0 Å². The molecule has 0 saturated heterocycles. The van der Waals surface area contributed by atoms with Crippen molar-refractivity contribution in [1.29, 1.82) is 0 Å². The molecular weight excluding hydrogens is 1010 g/mol. The second-order valence-electron chi connectivity index (χ2n) is 12.9. The summed E-state index contributed by atoms with van der Waals surface area (Å²) < 4.78 is 0. The van der Waals surface area contributed by atoms with Crippen molar-refractivity contribution in [2.45, 2.75) is 0 Å². The van der Waals surface area contributed by atoms with Gasteiger partial charge in [-0.2, -0.15) is 0 Å². The Kier molecular flexibility index (Phi) is 30.4. The number of benzene rings is 6. The number of hydrogen-bond donors (Lipinski definition) is 12. The molecule has 0 amide bonds. The van der Waals surface area contributed by atoms with Crippen LogP contribution in [0.2, 0.25) is 0 Å². The van der Waals surface area contributed by atoms with E-state index in [1.807, 2.05) is 0 Å². The van der Waals surface area contributed by atoms with Crippen molar-refractivity contribution in [1.82, 2.24) is 0 Å². The zero-order valence-electron chi connectivity index (χ0n) is 36.1. The van der Waals surface area contributed by atoms with Gasteiger partial charge in [0, 0.05) is 0 Å². The minimum absolute atomic E-state index is 0. The first-order chi connectivity index (χ1) is 33.8. The third-order valence-corrected chi connectivity index (χ3v) is 8.33. The fraction of sp³-hybridized carbons (Fsp3) is 0. The zero-order chi connectivity index (χ0) is 54.8. The molecule has 0 saturated carbocycles. The first kappa shape index (κ1) is 67.0. The molecule has 74 heavy (non-hydrogen) atoms. The van der Waals surface area contributed by atoms with Gasteiger partial charge >= 0.3 is 131 Å². The third-order valence-electron chi connectivity index (χ3n) is 8.33. The monoisotopic (exact) mass is 1040 g/mol. The van der Waals surface area contributed by atoms with Crippen LogP contribution < -0.4 is 0 Å². The van der Waals surface area contributed by atoms with Crippen molar-refractivity contribution < 1.29 is 119 Å². The topological polar surface area (TPSA) is 448 Å². The standard InChI is InChI=1S/6C8H6O4.2Na.2H/c6*9-7(10)5-3-1-2-4-6(5)8(11)12;;;;/h6*1-4H,(H,9,10)(H,11,12);;;;. The van der Waals surface area contributed by atoms with E-state index in [0.717, 1.165) is 0 Å². The van der Waals surface area contributed by atoms with Gasteiger partial charge < -0.3 is 61.3 Å². The molecule has 376 valence electrons. The molecule has 6 aromatic rings. The molecule has 0 radical (unpaired) electrons. The van der Waals surface area contributed by atoms with Crippen LogP contribution in [-0.4, -0.2) is 192 Å². The van der Waals surface area contributed by atoms with Gasteiger partial charge in [-0.1, -0.05) is 72.8 Å². The quantitative estimate of drug-likeness (QED) is 0.0700. The molecule has 0 fully saturated rings. The van der Waals surface area contributed by atoms with E-state index in [9.17, 15) is 57.5 Å². The van der Waals surface area contributed by atoms with Crippen LogP contribution in [0.5, 0.6) is 0 Å². The van der Waals surface area contributed by atoms with E-state index in [1.54, 1.807) is 0 Å². The molecular formula is C48H38Na2O24. The average Bonchev–Trinajstić information content (AvgIpc) is 3.34. The summed E-state index contributed by atoms with van der Waals surface area (Å²) in [6.07, 6.45) is 0. The van der Waals surface area contributed by atoms with E-state index in [0.29, 0.717) is 0 Å². The van der Waals surface area contributed by atoms with E-state index in [1.165, 1.54) is 146 Å². The first-order valence-electron chi connectivity index (χ1n) is 19.1. The van der Waals surface area contributed by atoms with Crippen molar-refractivity contribution >= 4 is 131 Å². The van der Waals surface area contributed by atoms with Crippen LogP contribution >= 0.6 is 0 Å². The van der Waals surface area contributed by atoms with Crippen LogP contribution in [0.3, 0.4) is 0 Å². The number of rotatable bonds is 12. The molecule has 0 aromatic heterocycles. The third kappa shape index (κ3) is 21.9. The van der Waals surface area contributed by atoms with Crippen molar-refractivity contribution in [3.8, 4) is 0 Å². The normalized spacial score (nSPS) is 9.08. The molecule has 0 aliphatic carbocycles. The summed E-state index contributed by atoms with van der Waals surface area (Å²) in [5, 5.41) is 103. The Hall–Kier alpha value is -9.04. The summed E-state index contributed by atoms with van der Waals surface area (Å²) in [4.78, 5) is 126. The Balaban J connectivity index is 0. The number of carbonyl (C=O) groups is 12. The molecule has 0 aliphatic rings. The molecule has 0 atom stereocenters. The van der Waals surface area contributed by atoms with E-state index >= 15 is 0 Å². The predicted octanol–water partition coefficient (Wildman–Crippen LogP) is 5.20. The molecule has 26 heteroatoms. The molecule has 0 unspecified atom stereocenters. The Morgan fingerprint density at radius 2 is 0.216 bits per heavy atom. The van der Waals surface area contributed by atoms with E-state index < -0.39 is 71.6 Å². The summed E-state index contributed by atoms with van der Waals surface area (Å²) in [6, 6.07) is 32.9. The Labute approximate surface area is 458 Å². The van der Waals surface area contributed by atoms with Gasteiger partial charge in [0.05, 0.1) is 66.8 Å². The van der Waals surface area contributed by atoms with E-state index in [2.05, 4.69) is 0 Å². The molecule has 0 heterocycles. The summed E-state index contributed by atoms with van der Waals surface area (Å²) in [7, 11) is 0. The van der Waals surface area contributed by atoms with Crippen LogP contribution in [0.25, 0.3) is 0 Å². The van der Waals surface area contributed by atoms with Crippen molar-refractivity contribution in [3.63, 3.8) is 0 Å². The van der Waals surface area contributed by atoms with Crippen LogP contribution in [0.15, 0.2) is 146 Å². The first-order valence-corrected chi connectivity index (χ1v) is 19.1. The van der Waals surface area contributed by atoms with Crippen LogP contribution in [0, 0.1) is 0 Å². The number of hydrogen-bond acceptors (Lipinski definition) is 12. The molecule has 0 bridgehead atoms. The number of carboxylic acid groups (broad SMARTS) is 12. The van der Waals surface area contributed by atoms with Crippen molar-refractivity contribution in [2.24, 2.45) is 0 Å². The van der Waals surface area contributed by atoms with Gasteiger partial charge in [-0.15, -0.1) is 0 Å². The summed E-state index contributed by atoms with van der Waals surface area (Å²) in [5.41, 5.74) is -2.28. The molecule has 12 N–H and O–H groups in total. The van der Waals surface area contributed by atoms with Gasteiger partial charge in [0.2, 0.25) is 0 Å². The maximum atomic E-state index is 10.5. The van der Waals surface area contributed by atoms with Gasteiger partial charge in [-0.25, -0.2) is 57.5 Å². The zero-order valence-corrected chi connectivity index (χ0v) is 36.1. The van der Waals surface area contributed by atoms with Crippen LogP contribution in [0.4, 0.5) is 0 Å². The van der Waals surface area contributed by atoms with Gasteiger partial charge in [-0.3, -0.25) is 0 Å². The summed E-state index contributed by atoms with van der Waals surface area (Å²) in [5.74, 6) is -14.7. The van der Waals surface area contributed by atoms with Crippen molar-refractivity contribution in [3.05, 3.63) is 212 Å². The number of aromatic carboxylic acids is 12. The molecule has 6 rings (SSSR count). The SMILES string of the molecule is O=C(O)c1ccccc1C(=O)O.O=C(O)c1ccccc1C(=O)O.O=C(O)c1ccccc1C(=O)O.O=C(O)c1ccccc1C(=O)O.O=C(O)c1ccccc1C(=O)O.O=C(O)c1ccccc1C(=O)O.[NaH].[NaH]. The van der Waals surface area contributed by atoms with Crippen LogP contribution in [0.1, 0.15) is 124 Å². The fourth-order valence-electron chi connectivity index (χ4n) is 5.14. The Morgan fingerprint density at radius 3 is 0.257 bits per heavy atom. The Morgan fingerprint density at radius 1 is 0.162 bits per heavy atom. The van der Waals surface area contributed by atoms with Crippen molar-refractivity contribution in [2.75, 3.05) is 0 Å². The predicted molar refractivity (Wildman–Crippen MR) is 256 cm³/mol. The summed E-state index contributed by atoms with van der Waals surface area (Å²) in [6.45, 7) is 0. The molecule has 24 nitrogen and oxygen atoms in total. The van der Waals surface area contributed by atoms with Gasteiger partial charge in [0.25, 0.3) is 0 Å². The minimum atomic E-state index is -1.23. The van der Waals surface area contributed by atoms with E-state index in [4.69, 9.17) is 61.3 Å².